The largest absolute Gasteiger partial charge is 0.396 e. The number of nitrogen functional groups attached to an aromatic ring is 1. The molecular weight excluding hydrogens is 706 g/mol. The predicted molar refractivity (Wildman–Crippen MR) is 145 cm³/mol. The maximum absolute atomic E-state index is 10.2. The zero-order valence-corrected chi connectivity index (χ0v) is 24.1. The van der Waals surface area contributed by atoms with Crippen molar-refractivity contribution >= 4 is 99.7 Å². The molecule has 1 aliphatic rings. The highest BCUT2D eigenvalue weighted by molar-refractivity contribution is 9.11. The van der Waals surface area contributed by atoms with E-state index < -0.39 is 4.92 Å². The molecule has 0 unspecified atom stereocenters. The molecule has 4 rings (SSSR count). The summed E-state index contributed by atoms with van der Waals surface area (Å²) < 4.78 is 7.60. The van der Waals surface area contributed by atoms with Crippen LogP contribution in [0.5, 0.6) is 0 Å². The summed E-state index contributed by atoms with van der Waals surface area (Å²) in [6, 6.07) is 4.99. The van der Waals surface area contributed by atoms with Gasteiger partial charge in [0, 0.05) is 51.2 Å². The Morgan fingerprint density at radius 2 is 1.38 bits per heavy atom. The normalized spacial score (nSPS) is 12.7. The molecule has 0 saturated carbocycles. The van der Waals surface area contributed by atoms with Crippen molar-refractivity contribution in [3.63, 3.8) is 0 Å². The van der Waals surface area contributed by atoms with E-state index in [0.717, 1.165) is 40.9 Å². The van der Waals surface area contributed by atoms with Gasteiger partial charge in [-0.3, -0.25) is 10.1 Å². The van der Waals surface area contributed by atoms with Crippen LogP contribution >= 0.6 is 82.6 Å². The zero-order chi connectivity index (χ0) is 25.3. The first-order valence-corrected chi connectivity index (χ1v) is 12.8. The fourth-order valence-corrected chi connectivity index (χ4v) is 3.90. The Morgan fingerprint density at radius 1 is 0.882 bits per heavy atom. The fraction of sp³-hybridized carbons (Fsp3) is 0.211. The van der Waals surface area contributed by atoms with Gasteiger partial charge in [-0.15, -0.1) is 0 Å². The van der Waals surface area contributed by atoms with Gasteiger partial charge in [0.2, 0.25) is 5.15 Å². The highest BCUT2D eigenvalue weighted by atomic mass is 79.9. The van der Waals surface area contributed by atoms with Crippen molar-refractivity contribution in [1.82, 2.24) is 15.0 Å². The van der Waals surface area contributed by atoms with Gasteiger partial charge in [0.25, 0.3) is 0 Å². The molecule has 182 valence electrons. The quantitative estimate of drug-likeness (QED) is 0.174. The van der Waals surface area contributed by atoms with Crippen molar-refractivity contribution in [2.45, 2.75) is 0 Å². The van der Waals surface area contributed by atoms with Crippen molar-refractivity contribution in [3.8, 4) is 0 Å². The molecule has 0 spiro atoms. The van der Waals surface area contributed by atoms with Crippen molar-refractivity contribution < 1.29 is 9.66 Å². The lowest BCUT2D eigenvalue weighted by atomic mass is 10.3. The summed E-state index contributed by atoms with van der Waals surface area (Å²) in [6.07, 6.45) is 4.69. The number of rotatable bonds is 2. The molecule has 4 heterocycles. The second-order valence-electron chi connectivity index (χ2n) is 6.32. The number of hydrogen-bond acceptors (Lipinski definition) is 8. The van der Waals surface area contributed by atoms with Crippen molar-refractivity contribution in [2.75, 3.05) is 36.9 Å². The smallest absolute Gasteiger partial charge is 0.307 e. The van der Waals surface area contributed by atoms with Crippen molar-refractivity contribution in [3.05, 3.63) is 75.8 Å². The maximum atomic E-state index is 10.2. The molecular formula is C19H16Br3Cl3N6O3. The molecule has 1 fully saturated rings. The van der Waals surface area contributed by atoms with E-state index >= 15 is 0 Å². The third kappa shape index (κ3) is 9.40. The third-order valence-electron chi connectivity index (χ3n) is 3.96. The summed E-state index contributed by atoms with van der Waals surface area (Å²) in [5, 5.41) is 11.0. The van der Waals surface area contributed by atoms with Crippen LogP contribution in [0.4, 0.5) is 17.1 Å². The van der Waals surface area contributed by atoms with Crippen LogP contribution < -0.4 is 10.6 Å². The predicted octanol–water partition coefficient (Wildman–Crippen LogP) is 6.82. The molecule has 0 aromatic carbocycles. The van der Waals surface area contributed by atoms with Gasteiger partial charge in [-0.1, -0.05) is 34.8 Å². The number of halogens is 6. The number of hydrogen-bond donors (Lipinski definition) is 1. The Labute approximate surface area is 235 Å². The van der Waals surface area contributed by atoms with Crippen molar-refractivity contribution in [2.24, 2.45) is 0 Å². The fourth-order valence-electron chi connectivity index (χ4n) is 2.42. The molecule has 9 nitrogen and oxygen atoms in total. The Morgan fingerprint density at radius 3 is 1.88 bits per heavy atom. The van der Waals surface area contributed by atoms with E-state index in [-0.39, 0.29) is 10.8 Å². The van der Waals surface area contributed by atoms with Crippen LogP contribution in [0.3, 0.4) is 0 Å². The molecule has 1 aliphatic heterocycles. The first-order chi connectivity index (χ1) is 16.1. The number of morpholine rings is 1. The standard InChI is InChI=1S/C9H10BrClN2O.C5H2BrClN2O2.C5H4BrClN2/c10-7-5-8(9(11)12-6-7)13-1-3-14-4-2-13;6-3-1-4(9(10)11)5(7)8-2-3;6-3-1-4(8)5(7)9-2-3/h5-6H,1-4H2;1-2H;1-2H,8H2. The van der Waals surface area contributed by atoms with E-state index in [2.05, 4.69) is 67.6 Å². The Balaban J connectivity index is 0.000000185. The number of nitrogens with two attached hydrogens (primary N) is 1. The van der Waals surface area contributed by atoms with Crippen LogP contribution in [-0.2, 0) is 4.74 Å². The number of ether oxygens (including phenoxy) is 1. The minimum absolute atomic E-state index is 0.0989. The third-order valence-corrected chi connectivity index (χ3v) is 6.15. The van der Waals surface area contributed by atoms with E-state index in [9.17, 15) is 10.1 Å². The maximum Gasteiger partial charge on any atom is 0.307 e. The second-order valence-corrected chi connectivity index (χ2v) is 10.1. The van der Waals surface area contributed by atoms with Gasteiger partial charge in [0.15, 0.2) is 10.3 Å². The first-order valence-electron chi connectivity index (χ1n) is 9.24. The number of anilines is 2. The number of pyridine rings is 3. The Bertz CT molecular complexity index is 1140. The minimum Gasteiger partial charge on any atom is -0.396 e. The molecule has 3 aromatic rings. The lowest BCUT2D eigenvalue weighted by Crippen LogP contribution is -2.36. The lowest BCUT2D eigenvalue weighted by Gasteiger charge is -2.29. The second kappa shape index (κ2) is 14.3. The van der Waals surface area contributed by atoms with Gasteiger partial charge < -0.3 is 15.4 Å². The van der Waals surface area contributed by atoms with E-state index in [1.165, 1.54) is 12.3 Å². The van der Waals surface area contributed by atoms with Gasteiger partial charge in [0.1, 0.15) is 0 Å². The molecule has 2 N–H and O–H groups in total. The number of nitrogens with zero attached hydrogens (tertiary/aromatic N) is 5. The Hall–Kier alpha value is -1.28. The molecule has 3 aromatic heterocycles. The minimum atomic E-state index is -0.583. The average Bonchev–Trinajstić information content (AvgIpc) is 2.81. The van der Waals surface area contributed by atoms with Gasteiger partial charge >= 0.3 is 5.69 Å². The monoisotopic (exact) mass is 718 g/mol. The molecule has 34 heavy (non-hydrogen) atoms. The van der Waals surface area contributed by atoms with E-state index in [0.29, 0.717) is 20.5 Å². The van der Waals surface area contributed by atoms with Gasteiger partial charge in [0.05, 0.1) is 29.5 Å². The molecule has 0 atom stereocenters. The van der Waals surface area contributed by atoms with E-state index in [1.807, 2.05) is 6.07 Å². The Kier molecular flexibility index (Phi) is 12.2. The van der Waals surface area contributed by atoms with Crippen LogP contribution in [0.2, 0.25) is 15.5 Å². The van der Waals surface area contributed by atoms with Gasteiger partial charge in [-0.05, 0) is 59.9 Å². The van der Waals surface area contributed by atoms with Crippen LogP contribution in [0.1, 0.15) is 0 Å². The van der Waals surface area contributed by atoms with Gasteiger partial charge in [-0.25, -0.2) is 15.0 Å². The highest BCUT2D eigenvalue weighted by Gasteiger charge is 2.15. The summed E-state index contributed by atoms with van der Waals surface area (Å²) >= 11 is 26.6. The topological polar surface area (TPSA) is 120 Å². The summed E-state index contributed by atoms with van der Waals surface area (Å²) in [6.45, 7) is 3.25. The molecule has 0 bridgehead atoms. The lowest BCUT2D eigenvalue weighted by molar-refractivity contribution is -0.385. The SMILES string of the molecule is Clc1ncc(Br)cc1N1CCOCC1.Nc1cc(Br)cnc1Cl.O=[N+]([O-])c1cc(Br)cnc1Cl. The summed E-state index contributed by atoms with van der Waals surface area (Å²) in [5.41, 5.74) is 6.67. The van der Waals surface area contributed by atoms with Crippen LogP contribution in [-0.4, -0.2) is 46.2 Å². The number of aromatic nitrogens is 3. The molecule has 0 radical (unpaired) electrons. The van der Waals surface area contributed by atoms with E-state index in [1.54, 1.807) is 18.5 Å². The van der Waals surface area contributed by atoms with Gasteiger partial charge in [-0.2, -0.15) is 0 Å². The molecule has 1 saturated heterocycles. The summed E-state index contributed by atoms with van der Waals surface area (Å²) in [5.74, 6) is 0. The van der Waals surface area contributed by atoms with Crippen LogP contribution in [0.25, 0.3) is 0 Å². The summed E-state index contributed by atoms with van der Waals surface area (Å²) in [4.78, 5) is 23.3. The highest BCUT2D eigenvalue weighted by Crippen LogP contribution is 2.27. The first kappa shape index (κ1) is 29.0. The van der Waals surface area contributed by atoms with Crippen LogP contribution in [0.15, 0.2) is 50.2 Å². The van der Waals surface area contributed by atoms with Crippen LogP contribution in [0, 0.1) is 10.1 Å². The zero-order valence-electron chi connectivity index (χ0n) is 17.1. The van der Waals surface area contributed by atoms with Crippen molar-refractivity contribution in [1.29, 1.82) is 0 Å². The number of nitro groups is 1. The average molecular weight is 722 g/mol. The summed E-state index contributed by atoms with van der Waals surface area (Å²) in [7, 11) is 0. The molecule has 0 aliphatic carbocycles. The van der Waals surface area contributed by atoms with E-state index in [4.69, 9.17) is 45.3 Å². The molecule has 0 amide bonds. The molecule has 15 heteroatoms.